The van der Waals surface area contributed by atoms with Crippen molar-refractivity contribution < 1.29 is 23.3 Å². The lowest BCUT2D eigenvalue weighted by molar-refractivity contribution is -0.384. The first kappa shape index (κ1) is 17.9. The van der Waals surface area contributed by atoms with Gasteiger partial charge in [-0.2, -0.15) is 5.26 Å². The Morgan fingerprint density at radius 2 is 2.04 bits per heavy atom. The van der Waals surface area contributed by atoms with Gasteiger partial charge in [0.05, 0.1) is 18.1 Å². The van der Waals surface area contributed by atoms with Crippen LogP contribution in [0.15, 0.2) is 29.7 Å². The third-order valence-corrected chi connectivity index (χ3v) is 5.72. The first-order chi connectivity index (χ1) is 11.4. The average Bonchev–Trinajstić information content (AvgIpc) is 2.53. The molecule has 1 aromatic rings. The normalized spacial score (nSPS) is 17.0. The molecule has 2 rings (SSSR count). The number of ether oxygens (including phenoxy) is 1. The molecule has 1 aliphatic rings. The molecule has 0 amide bonds. The van der Waals surface area contributed by atoms with Gasteiger partial charge in [0.15, 0.2) is 0 Å². The molecule has 0 saturated carbocycles. The second-order valence-corrected chi connectivity index (χ2v) is 6.86. The van der Waals surface area contributed by atoms with E-state index in [9.17, 15) is 19.9 Å². The molecule has 1 atom stereocenters. The Kier molecular flexibility index (Phi) is 5.24. The van der Waals surface area contributed by atoms with Gasteiger partial charge in [0.2, 0.25) is 5.88 Å². The van der Waals surface area contributed by atoms with Crippen molar-refractivity contribution in [1.82, 2.24) is 0 Å². The number of hydrogen-bond acceptors (Lipinski definition) is 8. The zero-order valence-electron chi connectivity index (χ0n) is 13.1. The summed E-state index contributed by atoms with van der Waals surface area (Å²) in [7, 11) is -3.85. The number of nitrogens with zero attached hydrogens (tertiary/aromatic N) is 2. The van der Waals surface area contributed by atoms with Crippen LogP contribution in [-0.4, -0.2) is 18.1 Å². The summed E-state index contributed by atoms with van der Waals surface area (Å²) in [6, 6.07) is 5.60. The van der Waals surface area contributed by atoms with Crippen LogP contribution in [0.3, 0.4) is 0 Å². The monoisotopic (exact) mass is 353 g/mol. The Balaban J connectivity index is 2.71. The van der Waals surface area contributed by atoms with Crippen LogP contribution in [0.1, 0.15) is 25.1 Å². The predicted octanol–water partition coefficient (Wildman–Crippen LogP) is 2.99. The van der Waals surface area contributed by atoms with E-state index < -0.39 is 18.2 Å². The van der Waals surface area contributed by atoms with Crippen molar-refractivity contribution >= 4 is 13.3 Å². The molecule has 128 valence electrons. The van der Waals surface area contributed by atoms with Crippen molar-refractivity contribution in [2.45, 2.75) is 19.5 Å². The van der Waals surface area contributed by atoms with Crippen LogP contribution in [0.25, 0.3) is 0 Å². The Bertz CT molecular complexity index is 775. The fourth-order valence-corrected chi connectivity index (χ4v) is 4.55. The van der Waals surface area contributed by atoms with Gasteiger partial charge in [-0.25, -0.2) is 0 Å². The summed E-state index contributed by atoms with van der Waals surface area (Å²) >= 11 is 0. The van der Waals surface area contributed by atoms with Gasteiger partial charge in [0.1, 0.15) is 23.1 Å². The molecule has 1 unspecified atom stereocenters. The molecule has 1 aromatic carbocycles. The van der Waals surface area contributed by atoms with Crippen molar-refractivity contribution in [3.63, 3.8) is 0 Å². The second kappa shape index (κ2) is 7.01. The molecule has 10 heteroatoms. The zero-order valence-corrected chi connectivity index (χ0v) is 14.0. The fraction of sp³-hybridized carbons (Fsp3) is 0.357. The van der Waals surface area contributed by atoms with Gasteiger partial charge in [-0.3, -0.25) is 14.7 Å². The number of benzene rings is 1. The molecule has 1 aliphatic heterocycles. The highest BCUT2D eigenvalue weighted by Gasteiger charge is 2.45. The van der Waals surface area contributed by atoms with Gasteiger partial charge in [-0.15, -0.1) is 0 Å². The number of nitro groups is 1. The molecule has 0 aromatic heterocycles. The summed E-state index contributed by atoms with van der Waals surface area (Å²) in [4.78, 5) is 10.4. The molecule has 0 saturated heterocycles. The number of fused-ring (bicyclic) bond motifs is 1. The molecule has 24 heavy (non-hydrogen) atoms. The lowest BCUT2D eigenvalue weighted by Crippen LogP contribution is -2.22. The van der Waals surface area contributed by atoms with E-state index in [-0.39, 0.29) is 41.7 Å². The van der Waals surface area contributed by atoms with Gasteiger partial charge in [-0.1, -0.05) is 0 Å². The highest BCUT2D eigenvalue weighted by atomic mass is 31.2. The van der Waals surface area contributed by atoms with Crippen LogP contribution in [0.4, 0.5) is 5.69 Å². The SMILES string of the molecule is CCOP(=O)(OCC)C1C(C#N)=C(N)Oc2ccc([N+](=O)[O-])cc21. The Hall–Kier alpha value is -2.40. The van der Waals surface area contributed by atoms with Crippen molar-refractivity contribution in [2.24, 2.45) is 5.73 Å². The number of rotatable bonds is 6. The molecule has 0 radical (unpaired) electrons. The number of nitrogens with two attached hydrogens (primary N) is 1. The maximum Gasteiger partial charge on any atom is 0.343 e. The molecule has 0 fully saturated rings. The van der Waals surface area contributed by atoms with Crippen LogP contribution in [0.2, 0.25) is 0 Å². The van der Waals surface area contributed by atoms with Gasteiger partial charge in [-0.05, 0) is 19.9 Å². The predicted molar refractivity (Wildman–Crippen MR) is 84.2 cm³/mol. The number of nitriles is 1. The van der Waals surface area contributed by atoms with Crippen LogP contribution in [0.5, 0.6) is 5.75 Å². The maximum atomic E-state index is 13.2. The van der Waals surface area contributed by atoms with E-state index >= 15 is 0 Å². The van der Waals surface area contributed by atoms with Gasteiger partial charge < -0.3 is 19.5 Å². The van der Waals surface area contributed by atoms with E-state index in [4.69, 9.17) is 19.5 Å². The molecule has 1 heterocycles. The molecule has 0 aliphatic carbocycles. The number of hydrogen-bond donors (Lipinski definition) is 1. The van der Waals surface area contributed by atoms with Crippen LogP contribution in [0, 0.1) is 21.4 Å². The topological polar surface area (TPSA) is 138 Å². The lowest BCUT2D eigenvalue weighted by Gasteiger charge is -2.30. The van der Waals surface area contributed by atoms with Crippen molar-refractivity contribution in [1.29, 1.82) is 5.26 Å². The van der Waals surface area contributed by atoms with E-state index in [0.717, 1.165) is 0 Å². The van der Waals surface area contributed by atoms with E-state index in [2.05, 4.69) is 0 Å². The fourth-order valence-electron chi connectivity index (χ4n) is 2.41. The molecule has 0 bridgehead atoms. The lowest BCUT2D eigenvalue weighted by atomic mass is 10.0. The summed E-state index contributed by atoms with van der Waals surface area (Å²) in [6.07, 6.45) is 0. The summed E-state index contributed by atoms with van der Waals surface area (Å²) in [5.41, 5.74) is 4.35. The molecular weight excluding hydrogens is 337 g/mol. The highest BCUT2D eigenvalue weighted by Crippen LogP contribution is 2.66. The second-order valence-electron chi connectivity index (χ2n) is 4.75. The van der Waals surface area contributed by atoms with Crippen LogP contribution < -0.4 is 10.5 Å². The number of nitro benzene ring substituents is 1. The Morgan fingerprint density at radius 1 is 1.42 bits per heavy atom. The van der Waals surface area contributed by atoms with Crippen LogP contribution in [-0.2, 0) is 13.6 Å². The Labute approximate surface area is 138 Å². The summed E-state index contributed by atoms with van der Waals surface area (Å²) in [5.74, 6) is -0.0646. The average molecular weight is 353 g/mol. The van der Waals surface area contributed by atoms with Crippen molar-refractivity contribution in [3.05, 3.63) is 45.3 Å². The zero-order chi connectivity index (χ0) is 17.9. The minimum Gasteiger partial charge on any atom is -0.440 e. The maximum absolute atomic E-state index is 13.2. The summed E-state index contributed by atoms with van der Waals surface area (Å²) in [5, 5.41) is 20.4. The van der Waals surface area contributed by atoms with E-state index in [1.54, 1.807) is 13.8 Å². The van der Waals surface area contributed by atoms with Gasteiger partial charge >= 0.3 is 7.60 Å². The third-order valence-electron chi connectivity index (χ3n) is 3.31. The van der Waals surface area contributed by atoms with Crippen molar-refractivity contribution in [3.8, 4) is 11.8 Å². The van der Waals surface area contributed by atoms with E-state index in [1.807, 2.05) is 6.07 Å². The van der Waals surface area contributed by atoms with Crippen LogP contribution >= 0.6 is 7.60 Å². The van der Waals surface area contributed by atoms with Gasteiger partial charge in [0, 0.05) is 17.7 Å². The number of allylic oxidation sites excluding steroid dienone is 1. The largest absolute Gasteiger partial charge is 0.440 e. The summed E-state index contributed by atoms with van der Waals surface area (Å²) in [6.45, 7) is 3.38. The van der Waals surface area contributed by atoms with E-state index in [0.29, 0.717) is 0 Å². The quantitative estimate of drug-likeness (QED) is 0.468. The minimum atomic E-state index is -3.85. The standard InChI is InChI=1S/C14H16N3O6P/c1-3-21-24(20,22-4-2)13-10-7-9(17(18)19)5-6-12(10)23-14(16)11(13)8-15/h5-7,13H,3-4,16H2,1-2H3. The first-order valence-electron chi connectivity index (χ1n) is 7.12. The van der Waals surface area contributed by atoms with Gasteiger partial charge in [0.25, 0.3) is 5.69 Å². The third kappa shape index (κ3) is 3.12. The summed E-state index contributed by atoms with van der Waals surface area (Å²) < 4.78 is 29.2. The minimum absolute atomic E-state index is 0.0670. The number of non-ortho nitro benzene ring substituents is 1. The van der Waals surface area contributed by atoms with E-state index in [1.165, 1.54) is 18.2 Å². The molecule has 0 spiro atoms. The first-order valence-corrected chi connectivity index (χ1v) is 8.73. The highest BCUT2D eigenvalue weighted by molar-refractivity contribution is 7.54. The Morgan fingerprint density at radius 3 is 2.54 bits per heavy atom. The molecule has 9 nitrogen and oxygen atoms in total. The molecular formula is C14H16N3O6P. The smallest absolute Gasteiger partial charge is 0.343 e. The van der Waals surface area contributed by atoms with Crippen molar-refractivity contribution in [2.75, 3.05) is 13.2 Å². The molecule has 2 N–H and O–H groups in total.